The van der Waals surface area contributed by atoms with E-state index in [0.717, 1.165) is 139 Å². The normalized spacial score (nSPS) is 11.1. The molecule has 0 N–H and O–H groups in total. The molecule has 4 heterocycles. The maximum absolute atomic E-state index is 6.47. The third-order valence-electron chi connectivity index (χ3n) is 15.9. The number of hydrogen-bond donors (Lipinski definition) is 0. The van der Waals surface area contributed by atoms with Crippen LogP contribution >= 0.6 is 0 Å². The van der Waals surface area contributed by atoms with E-state index in [-0.39, 0.29) is 20.1 Å². The molecule has 0 fully saturated rings. The first kappa shape index (κ1) is 54.8. The van der Waals surface area contributed by atoms with E-state index in [0.29, 0.717) is 17.3 Å². The van der Waals surface area contributed by atoms with Gasteiger partial charge in [-0.25, -0.2) is 0 Å². The molecule has 0 saturated carbocycles. The average molecular weight is 1300 g/mol. The fourth-order valence-corrected chi connectivity index (χ4v) is 11.6. The van der Waals surface area contributed by atoms with Crippen LogP contribution in [-0.4, -0.2) is 24.9 Å². The van der Waals surface area contributed by atoms with Crippen LogP contribution in [0.15, 0.2) is 304 Å². The molecule has 0 bridgehead atoms. The Kier molecular flexibility index (Phi) is 15.3. The number of pyridine rings is 3. The van der Waals surface area contributed by atoms with Crippen LogP contribution in [0.5, 0.6) is 11.5 Å². The van der Waals surface area contributed by atoms with Gasteiger partial charge in [0, 0.05) is 53.1 Å². The number of fused-ring (bicyclic) bond motifs is 3. The summed E-state index contributed by atoms with van der Waals surface area (Å²) < 4.78 is 6.47. The van der Waals surface area contributed by atoms with Crippen LogP contribution in [0.1, 0.15) is 0 Å². The van der Waals surface area contributed by atoms with E-state index in [2.05, 4.69) is 236 Å². The standard InChI is InChI=1S/C81H50N5O.Ir/c1-3-17-54(18-4-1)58-21-13-23-60(43-58)78-40-37-63(50-83-78)71-28-7-9-30-73(71)65-45-66(74-31-10-8-29-72(74)64-38-41-79(84-51-64)61-24-14-22-59(44-61)55-19-5-2-6-20-55)47-67(46-65)75-32-11-12-33-76(75)68-52-85-81(86-53-68)62-25-15-27-69(48-62)87-70-39-36-56-34-35-57-26-16-42-82-80(57)77(56)49-70;/h1-22,26-53H;/q-3;+3. The van der Waals surface area contributed by atoms with E-state index in [1.807, 2.05) is 91.6 Å². The van der Waals surface area contributed by atoms with Gasteiger partial charge in [-0.15, -0.1) is 94.5 Å². The van der Waals surface area contributed by atoms with Gasteiger partial charge in [0.05, 0.1) is 11.3 Å². The Hall–Kier alpha value is -11.1. The second-order valence-electron chi connectivity index (χ2n) is 21.4. The molecular formula is C81H50IrN5O. The van der Waals surface area contributed by atoms with Crippen molar-refractivity contribution in [3.05, 3.63) is 322 Å². The van der Waals surface area contributed by atoms with Crippen molar-refractivity contribution in [3.8, 4) is 134 Å². The van der Waals surface area contributed by atoms with Crippen molar-refractivity contribution in [2.24, 2.45) is 0 Å². The van der Waals surface area contributed by atoms with Crippen molar-refractivity contribution in [2.45, 2.75) is 0 Å². The monoisotopic (exact) mass is 1300 g/mol. The maximum Gasteiger partial charge on any atom is 3.00 e. The van der Waals surface area contributed by atoms with E-state index in [9.17, 15) is 0 Å². The van der Waals surface area contributed by atoms with E-state index < -0.39 is 0 Å². The summed E-state index contributed by atoms with van der Waals surface area (Å²) >= 11 is 0. The first-order valence-electron chi connectivity index (χ1n) is 28.9. The molecule has 0 radical (unpaired) electrons. The van der Waals surface area contributed by atoms with Gasteiger partial charge in [-0.1, -0.05) is 188 Å². The largest absolute Gasteiger partial charge is 3.00 e. The summed E-state index contributed by atoms with van der Waals surface area (Å²) in [6, 6.07) is 105. The zero-order valence-electron chi connectivity index (χ0n) is 47.3. The number of aromatic nitrogens is 5. The van der Waals surface area contributed by atoms with Crippen molar-refractivity contribution in [1.82, 2.24) is 24.9 Å². The van der Waals surface area contributed by atoms with Crippen molar-refractivity contribution in [2.75, 3.05) is 0 Å². The Balaban J connectivity index is 0.00000680. The second kappa shape index (κ2) is 24.5. The number of hydrogen-bond acceptors (Lipinski definition) is 6. The Labute approximate surface area is 524 Å². The molecule has 0 aliphatic heterocycles. The molecule has 0 aliphatic carbocycles. The van der Waals surface area contributed by atoms with Gasteiger partial charge in [0.15, 0.2) is 0 Å². The quantitative estimate of drug-likeness (QED) is 0.0846. The van der Waals surface area contributed by atoms with Gasteiger partial charge < -0.3 is 14.7 Å². The van der Waals surface area contributed by atoms with Crippen LogP contribution in [0.3, 0.4) is 0 Å². The van der Waals surface area contributed by atoms with Gasteiger partial charge in [0.25, 0.3) is 0 Å². The summed E-state index contributed by atoms with van der Waals surface area (Å²) in [4.78, 5) is 24.7. The van der Waals surface area contributed by atoms with E-state index in [1.165, 1.54) is 0 Å². The van der Waals surface area contributed by atoms with Crippen LogP contribution < -0.4 is 4.74 Å². The molecule has 11 aromatic carbocycles. The number of ether oxygens (including phenoxy) is 1. The van der Waals surface area contributed by atoms with Crippen molar-refractivity contribution >= 4 is 21.7 Å². The molecular weight excluding hydrogens is 1250 g/mol. The Morgan fingerprint density at radius 1 is 0.273 bits per heavy atom. The fourth-order valence-electron chi connectivity index (χ4n) is 11.6. The summed E-state index contributed by atoms with van der Waals surface area (Å²) in [6.07, 6.45) is 9.59. The fraction of sp³-hybridized carbons (Fsp3) is 0. The molecule has 15 rings (SSSR count). The van der Waals surface area contributed by atoms with Gasteiger partial charge in [0.2, 0.25) is 0 Å². The summed E-state index contributed by atoms with van der Waals surface area (Å²) in [7, 11) is 0. The average Bonchev–Trinajstić information content (AvgIpc) is 1.88. The minimum Gasteiger partial charge on any atom is -0.477 e. The second-order valence-corrected chi connectivity index (χ2v) is 21.4. The molecule has 0 spiro atoms. The topological polar surface area (TPSA) is 73.7 Å². The van der Waals surface area contributed by atoms with Gasteiger partial charge in [-0.2, -0.15) is 0 Å². The zero-order chi connectivity index (χ0) is 57.9. The summed E-state index contributed by atoms with van der Waals surface area (Å²) in [5.41, 5.74) is 22.1. The molecule has 0 saturated heterocycles. The zero-order valence-corrected chi connectivity index (χ0v) is 49.7. The van der Waals surface area contributed by atoms with E-state index in [4.69, 9.17) is 24.7 Å². The maximum atomic E-state index is 6.47. The van der Waals surface area contributed by atoms with Gasteiger partial charge >= 0.3 is 20.1 Å². The van der Waals surface area contributed by atoms with Crippen LogP contribution in [0, 0.1) is 18.2 Å². The number of nitrogens with zero attached hydrogens (tertiary/aromatic N) is 5. The molecule has 0 unspecified atom stereocenters. The third kappa shape index (κ3) is 11.2. The SMILES string of the molecule is [Ir+3].[c-]1ccc(-c2ccccc2)cc1-c1ccc(-c2ccccc2-c2cc(-c3ccccc3-c3ccc(-c4[c-]ccc(-c5ccccc5)c4)nc3)cc(-c3ccccc3-c3cnc(-c4[c-]ccc(Oc5ccc6ccc7cccnc7c6c5)c4)nc3)c2)cn1. The molecule has 414 valence electrons. The molecule has 0 amide bonds. The van der Waals surface area contributed by atoms with Crippen molar-refractivity contribution < 1.29 is 24.8 Å². The first-order chi connectivity index (χ1) is 43.1. The predicted octanol–water partition coefficient (Wildman–Crippen LogP) is 20.5. The molecule has 88 heavy (non-hydrogen) atoms. The van der Waals surface area contributed by atoms with Crippen LogP contribution in [0.4, 0.5) is 0 Å². The van der Waals surface area contributed by atoms with Crippen molar-refractivity contribution in [1.29, 1.82) is 0 Å². The van der Waals surface area contributed by atoms with Gasteiger partial charge in [0.1, 0.15) is 5.75 Å². The Bertz CT molecular complexity index is 4810. The van der Waals surface area contributed by atoms with Gasteiger partial charge in [-0.05, 0) is 125 Å². The Morgan fingerprint density at radius 2 is 0.716 bits per heavy atom. The van der Waals surface area contributed by atoms with E-state index in [1.54, 1.807) is 0 Å². The summed E-state index contributed by atoms with van der Waals surface area (Å²) in [6.45, 7) is 0. The predicted molar refractivity (Wildman–Crippen MR) is 353 cm³/mol. The first-order valence-corrected chi connectivity index (χ1v) is 28.9. The minimum atomic E-state index is 0. The third-order valence-corrected chi connectivity index (χ3v) is 15.9. The molecule has 6 nitrogen and oxygen atoms in total. The van der Waals surface area contributed by atoms with Crippen molar-refractivity contribution in [3.63, 3.8) is 0 Å². The van der Waals surface area contributed by atoms with Crippen LogP contribution in [0.2, 0.25) is 0 Å². The smallest absolute Gasteiger partial charge is 0.477 e. The number of benzene rings is 11. The Morgan fingerprint density at radius 3 is 1.24 bits per heavy atom. The van der Waals surface area contributed by atoms with Crippen LogP contribution in [0.25, 0.3) is 145 Å². The molecule has 0 atom stereocenters. The summed E-state index contributed by atoms with van der Waals surface area (Å²) in [5.74, 6) is 1.90. The molecule has 7 heteroatoms. The molecule has 4 aromatic heterocycles. The molecule has 15 aromatic rings. The minimum absolute atomic E-state index is 0. The van der Waals surface area contributed by atoms with E-state index >= 15 is 0 Å². The van der Waals surface area contributed by atoms with Crippen LogP contribution in [-0.2, 0) is 20.1 Å². The number of rotatable bonds is 13. The molecule has 0 aliphatic rings. The summed E-state index contributed by atoms with van der Waals surface area (Å²) in [5, 5.41) is 3.21. The van der Waals surface area contributed by atoms with Gasteiger partial charge in [-0.3, -0.25) is 15.0 Å².